The van der Waals surface area contributed by atoms with Gasteiger partial charge in [-0.3, -0.25) is 14.5 Å². The Morgan fingerprint density at radius 3 is 2.58 bits per heavy atom. The number of anilines is 1. The molecule has 0 bridgehead atoms. The number of piperazine rings is 1. The third-order valence-corrected chi connectivity index (χ3v) is 4.67. The number of halogens is 1. The predicted molar refractivity (Wildman–Crippen MR) is 100 cm³/mol. The number of aliphatic hydroxyl groups excluding tert-OH is 1. The summed E-state index contributed by atoms with van der Waals surface area (Å²) >= 11 is 3.16. The molecule has 0 saturated carbocycles. The zero-order valence-corrected chi connectivity index (χ0v) is 15.7. The van der Waals surface area contributed by atoms with Crippen molar-refractivity contribution in [3.63, 3.8) is 0 Å². The fourth-order valence-electron chi connectivity index (χ4n) is 2.86. The van der Waals surface area contributed by atoms with E-state index in [0.717, 1.165) is 13.1 Å². The molecule has 1 fully saturated rings. The van der Waals surface area contributed by atoms with E-state index in [0.29, 0.717) is 35.6 Å². The highest BCUT2D eigenvalue weighted by Crippen LogP contribution is 2.18. The molecule has 0 unspecified atom stereocenters. The predicted octanol–water partition coefficient (Wildman–Crippen LogP) is 2.04. The summed E-state index contributed by atoms with van der Waals surface area (Å²) in [7, 11) is 0. The van der Waals surface area contributed by atoms with Crippen LogP contribution in [0.4, 0.5) is 5.69 Å². The SMILES string of the molecule is O=C(Nc1cccc(C(=O)N2CCN(CCO)CC2)c1)c1ccc(Br)o1. The summed E-state index contributed by atoms with van der Waals surface area (Å²) in [6.45, 7) is 3.49. The standard InChI is InChI=1S/C18H20BrN3O4/c19-16-5-4-15(26-16)17(24)20-14-3-1-2-13(12-14)18(25)22-8-6-21(7-9-22)10-11-23/h1-5,12,23H,6-11H2,(H,20,24). The zero-order valence-electron chi connectivity index (χ0n) is 14.2. The Labute approximate surface area is 159 Å². The molecule has 0 atom stereocenters. The fraction of sp³-hybridized carbons (Fsp3) is 0.333. The van der Waals surface area contributed by atoms with Gasteiger partial charge in [0.2, 0.25) is 0 Å². The molecule has 2 aromatic rings. The molecule has 2 heterocycles. The van der Waals surface area contributed by atoms with Crippen LogP contribution in [0, 0.1) is 0 Å². The van der Waals surface area contributed by atoms with Crippen LogP contribution in [0.5, 0.6) is 0 Å². The lowest BCUT2D eigenvalue weighted by Gasteiger charge is -2.34. The van der Waals surface area contributed by atoms with Crippen molar-refractivity contribution < 1.29 is 19.1 Å². The second-order valence-electron chi connectivity index (χ2n) is 6.00. The van der Waals surface area contributed by atoms with Crippen LogP contribution in [0.2, 0.25) is 0 Å². The summed E-state index contributed by atoms with van der Waals surface area (Å²) in [6.07, 6.45) is 0. The molecular formula is C18H20BrN3O4. The Bertz CT molecular complexity index is 784. The number of nitrogens with zero attached hydrogens (tertiary/aromatic N) is 2. The van der Waals surface area contributed by atoms with E-state index in [1.54, 1.807) is 41.3 Å². The number of furan rings is 1. The second-order valence-corrected chi connectivity index (χ2v) is 6.78. The number of benzene rings is 1. The average Bonchev–Trinajstić information content (AvgIpc) is 3.09. The van der Waals surface area contributed by atoms with E-state index in [4.69, 9.17) is 9.52 Å². The van der Waals surface area contributed by atoms with Crippen molar-refractivity contribution in [1.82, 2.24) is 9.80 Å². The monoisotopic (exact) mass is 421 g/mol. The van der Waals surface area contributed by atoms with Gasteiger partial charge in [0.05, 0.1) is 6.61 Å². The van der Waals surface area contributed by atoms with Crippen molar-refractivity contribution in [1.29, 1.82) is 0 Å². The van der Waals surface area contributed by atoms with Gasteiger partial charge in [-0.15, -0.1) is 0 Å². The van der Waals surface area contributed by atoms with Gasteiger partial charge in [-0.25, -0.2) is 0 Å². The minimum atomic E-state index is -0.377. The third-order valence-electron chi connectivity index (χ3n) is 4.24. The third kappa shape index (κ3) is 4.51. The highest BCUT2D eigenvalue weighted by atomic mass is 79.9. The smallest absolute Gasteiger partial charge is 0.291 e. The number of β-amino-alcohol motifs (C(OH)–C–C–N with tert-alkyl or cyclic N) is 1. The highest BCUT2D eigenvalue weighted by Gasteiger charge is 2.22. The number of rotatable bonds is 5. The van der Waals surface area contributed by atoms with Gasteiger partial charge in [0.15, 0.2) is 10.4 Å². The van der Waals surface area contributed by atoms with Crippen LogP contribution in [0.3, 0.4) is 0 Å². The van der Waals surface area contributed by atoms with E-state index >= 15 is 0 Å². The van der Waals surface area contributed by atoms with E-state index < -0.39 is 0 Å². The number of hydrogen-bond donors (Lipinski definition) is 2. The molecule has 26 heavy (non-hydrogen) atoms. The van der Waals surface area contributed by atoms with Crippen molar-refractivity contribution in [3.8, 4) is 0 Å². The maximum Gasteiger partial charge on any atom is 0.291 e. The quantitative estimate of drug-likeness (QED) is 0.771. The lowest BCUT2D eigenvalue weighted by molar-refractivity contribution is 0.0615. The minimum absolute atomic E-state index is 0.0644. The molecule has 8 heteroatoms. The summed E-state index contributed by atoms with van der Waals surface area (Å²) < 4.78 is 5.71. The summed E-state index contributed by atoms with van der Waals surface area (Å²) in [4.78, 5) is 28.8. The van der Waals surface area contributed by atoms with Gasteiger partial charge < -0.3 is 19.7 Å². The molecule has 7 nitrogen and oxygen atoms in total. The molecule has 1 aliphatic rings. The molecule has 2 N–H and O–H groups in total. The van der Waals surface area contributed by atoms with Crippen molar-refractivity contribution >= 4 is 33.4 Å². The number of carbonyl (C=O) groups is 2. The van der Waals surface area contributed by atoms with E-state index in [-0.39, 0.29) is 24.2 Å². The molecule has 1 saturated heterocycles. The van der Waals surface area contributed by atoms with Gasteiger partial charge in [-0.2, -0.15) is 0 Å². The first-order chi connectivity index (χ1) is 12.6. The molecule has 1 aromatic heterocycles. The Morgan fingerprint density at radius 2 is 1.92 bits per heavy atom. The number of carbonyl (C=O) groups excluding carboxylic acids is 2. The van der Waals surface area contributed by atoms with Crippen LogP contribution in [0.1, 0.15) is 20.9 Å². The summed E-state index contributed by atoms with van der Waals surface area (Å²) in [6, 6.07) is 10.1. The first-order valence-corrected chi connectivity index (χ1v) is 9.15. The van der Waals surface area contributed by atoms with Crippen molar-refractivity contribution in [2.24, 2.45) is 0 Å². The molecule has 2 amide bonds. The normalized spacial score (nSPS) is 15.1. The van der Waals surface area contributed by atoms with E-state index in [9.17, 15) is 9.59 Å². The first-order valence-electron chi connectivity index (χ1n) is 8.36. The molecule has 1 aromatic carbocycles. The first kappa shape index (κ1) is 18.6. The van der Waals surface area contributed by atoms with Crippen LogP contribution in [0.25, 0.3) is 0 Å². The van der Waals surface area contributed by atoms with Crippen molar-refractivity contribution in [2.75, 3.05) is 44.6 Å². The van der Waals surface area contributed by atoms with Gasteiger partial charge in [-0.1, -0.05) is 6.07 Å². The summed E-state index contributed by atoms with van der Waals surface area (Å²) in [5.74, 6) is -0.253. The summed E-state index contributed by atoms with van der Waals surface area (Å²) in [5, 5.41) is 11.7. The minimum Gasteiger partial charge on any atom is -0.444 e. The van der Waals surface area contributed by atoms with Gasteiger partial charge in [0.25, 0.3) is 11.8 Å². The van der Waals surface area contributed by atoms with Crippen LogP contribution in [-0.2, 0) is 0 Å². The Morgan fingerprint density at radius 1 is 1.15 bits per heavy atom. The van der Waals surface area contributed by atoms with Crippen molar-refractivity contribution in [2.45, 2.75) is 0 Å². The molecule has 0 aliphatic carbocycles. The molecule has 0 radical (unpaired) electrons. The Kier molecular flexibility index (Phi) is 6.08. The Hall–Kier alpha value is -2.16. The van der Waals surface area contributed by atoms with Crippen LogP contribution >= 0.6 is 15.9 Å². The van der Waals surface area contributed by atoms with Crippen molar-refractivity contribution in [3.05, 3.63) is 52.4 Å². The van der Waals surface area contributed by atoms with Gasteiger partial charge in [0, 0.05) is 44.0 Å². The second kappa shape index (κ2) is 8.48. The summed E-state index contributed by atoms with van der Waals surface area (Å²) in [5.41, 5.74) is 1.06. The van der Waals surface area contributed by atoms with Gasteiger partial charge in [-0.05, 0) is 46.3 Å². The maximum atomic E-state index is 12.7. The maximum absolute atomic E-state index is 12.7. The molecule has 0 spiro atoms. The Balaban J connectivity index is 1.63. The molecule has 3 rings (SSSR count). The highest BCUT2D eigenvalue weighted by molar-refractivity contribution is 9.10. The number of amides is 2. The fourth-order valence-corrected chi connectivity index (χ4v) is 3.16. The van der Waals surface area contributed by atoms with Crippen LogP contribution < -0.4 is 5.32 Å². The van der Waals surface area contributed by atoms with E-state index in [1.807, 2.05) is 0 Å². The van der Waals surface area contributed by atoms with Gasteiger partial charge in [0.1, 0.15) is 0 Å². The van der Waals surface area contributed by atoms with Gasteiger partial charge >= 0.3 is 0 Å². The topological polar surface area (TPSA) is 86.0 Å². The molecular weight excluding hydrogens is 402 g/mol. The van der Waals surface area contributed by atoms with Crippen LogP contribution in [-0.4, -0.2) is 66.1 Å². The van der Waals surface area contributed by atoms with E-state index in [1.165, 1.54) is 0 Å². The lowest BCUT2D eigenvalue weighted by Crippen LogP contribution is -2.49. The molecule has 1 aliphatic heterocycles. The van der Waals surface area contributed by atoms with E-state index in [2.05, 4.69) is 26.1 Å². The van der Waals surface area contributed by atoms with Crippen LogP contribution in [0.15, 0.2) is 45.5 Å². The number of hydrogen-bond acceptors (Lipinski definition) is 5. The number of aliphatic hydroxyl groups is 1. The lowest BCUT2D eigenvalue weighted by atomic mass is 10.1. The largest absolute Gasteiger partial charge is 0.444 e. The average molecular weight is 422 g/mol. The zero-order chi connectivity index (χ0) is 18.5. The number of nitrogens with one attached hydrogen (secondary N) is 1. The molecule has 138 valence electrons.